The van der Waals surface area contributed by atoms with E-state index in [1.54, 1.807) is 6.20 Å². The van der Waals surface area contributed by atoms with Gasteiger partial charge in [0, 0.05) is 11.5 Å². The minimum absolute atomic E-state index is 0.167. The molecule has 48 valence electrons. The summed E-state index contributed by atoms with van der Waals surface area (Å²) in [5, 5.41) is 0.670. The predicted octanol–water partition coefficient (Wildman–Crippen LogP) is 0.665. The van der Waals surface area contributed by atoms with Crippen LogP contribution in [0.1, 0.15) is 5.69 Å². The van der Waals surface area contributed by atoms with E-state index in [2.05, 4.69) is 25.9 Å². The van der Waals surface area contributed by atoms with Crippen LogP contribution in [0.25, 0.3) is 0 Å². The van der Waals surface area contributed by atoms with Crippen molar-refractivity contribution >= 4 is 15.9 Å². The summed E-state index contributed by atoms with van der Waals surface area (Å²) < 4.78 is 0. The van der Waals surface area contributed by atoms with E-state index in [1.165, 1.54) is 6.20 Å². The lowest BCUT2D eigenvalue weighted by molar-refractivity contribution is 1.07. The number of aromatic nitrogens is 2. The van der Waals surface area contributed by atoms with Crippen LogP contribution in [0.5, 0.6) is 0 Å². The summed E-state index contributed by atoms with van der Waals surface area (Å²) in [4.78, 5) is 16.7. The lowest BCUT2D eigenvalue weighted by Gasteiger charge is -1.88. The molecule has 4 heteroatoms. The molecule has 0 atom stereocenters. The van der Waals surface area contributed by atoms with Crippen molar-refractivity contribution in [2.24, 2.45) is 0 Å². The van der Waals surface area contributed by atoms with Gasteiger partial charge >= 0.3 is 0 Å². The second-order valence-corrected chi connectivity index (χ2v) is 2.10. The maximum absolute atomic E-state index is 10.4. The zero-order chi connectivity index (χ0) is 6.69. The molecular formula is C5H5BrN2O. The Morgan fingerprint density at radius 1 is 1.78 bits per heavy atom. The van der Waals surface area contributed by atoms with Gasteiger partial charge in [-0.1, -0.05) is 15.9 Å². The van der Waals surface area contributed by atoms with Gasteiger partial charge in [-0.15, -0.1) is 0 Å². The van der Waals surface area contributed by atoms with Crippen molar-refractivity contribution in [3.05, 3.63) is 28.4 Å². The van der Waals surface area contributed by atoms with Gasteiger partial charge < -0.3 is 4.98 Å². The van der Waals surface area contributed by atoms with Crippen LogP contribution in [0.15, 0.2) is 17.2 Å². The lowest BCUT2D eigenvalue weighted by atomic mass is 10.5. The van der Waals surface area contributed by atoms with Crippen molar-refractivity contribution in [1.29, 1.82) is 0 Å². The van der Waals surface area contributed by atoms with Crippen LogP contribution < -0.4 is 5.56 Å². The maximum atomic E-state index is 10.4. The number of hydrogen-bond acceptors (Lipinski definition) is 2. The molecule has 0 aliphatic rings. The minimum Gasteiger partial charge on any atom is -0.326 e. The van der Waals surface area contributed by atoms with Crippen molar-refractivity contribution in [2.45, 2.75) is 5.33 Å². The molecule has 0 amide bonds. The number of rotatable bonds is 1. The molecular weight excluding hydrogens is 184 g/mol. The number of aromatic amines is 1. The first kappa shape index (κ1) is 6.48. The summed E-state index contributed by atoms with van der Waals surface area (Å²) in [5.41, 5.74) is 0.661. The predicted molar refractivity (Wildman–Crippen MR) is 37.5 cm³/mol. The van der Waals surface area contributed by atoms with Crippen molar-refractivity contribution in [3.8, 4) is 0 Å². The Bertz CT molecular complexity index is 224. The van der Waals surface area contributed by atoms with Crippen LogP contribution in [-0.2, 0) is 5.33 Å². The Morgan fingerprint density at radius 2 is 2.56 bits per heavy atom. The van der Waals surface area contributed by atoms with E-state index in [4.69, 9.17) is 0 Å². The maximum Gasteiger partial charge on any atom is 0.266 e. The van der Waals surface area contributed by atoms with Crippen molar-refractivity contribution < 1.29 is 0 Å². The van der Waals surface area contributed by atoms with Crippen molar-refractivity contribution in [3.63, 3.8) is 0 Å². The molecule has 1 heterocycles. The van der Waals surface area contributed by atoms with Crippen LogP contribution in [0.3, 0.4) is 0 Å². The SMILES string of the molecule is O=c1cnc(CBr)c[nH]1. The monoisotopic (exact) mass is 188 g/mol. The van der Waals surface area contributed by atoms with E-state index in [0.29, 0.717) is 5.33 Å². The van der Waals surface area contributed by atoms with E-state index < -0.39 is 0 Å². The Labute approximate surface area is 60.3 Å². The normalized spacial score (nSPS) is 9.44. The van der Waals surface area contributed by atoms with Crippen LogP contribution in [0.4, 0.5) is 0 Å². The third kappa shape index (κ3) is 1.64. The van der Waals surface area contributed by atoms with Gasteiger partial charge in [-0.2, -0.15) is 0 Å². The fourth-order valence-corrected chi connectivity index (χ4v) is 0.750. The van der Waals surface area contributed by atoms with Gasteiger partial charge in [0.05, 0.1) is 11.9 Å². The summed E-state index contributed by atoms with van der Waals surface area (Å²) in [6.45, 7) is 0. The number of H-pyrrole nitrogens is 1. The second-order valence-electron chi connectivity index (χ2n) is 1.54. The van der Waals surface area contributed by atoms with E-state index in [-0.39, 0.29) is 5.56 Å². The van der Waals surface area contributed by atoms with Gasteiger partial charge in [-0.25, -0.2) is 0 Å². The molecule has 0 saturated carbocycles. The Kier molecular flexibility index (Phi) is 2.00. The summed E-state index contributed by atoms with van der Waals surface area (Å²) in [7, 11) is 0. The van der Waals surface area contributed by atoms with Gasteiger partial charge in [-0.05, 0) is 0 Å². The zero-order valence-corrected chi connectivity index (χ0v) is 6.18. The first-order valence-electron chi connectivity index (χ1n) is 2.42. The highest BCUT2D eigenvalue weighted by molar-refractivity contribution is 9.08. The smallest absolute Gasteiger partial charge is 0.266 e. The molecule has 1 aromatic heterocycles. The second kappa shape index (κ2) is 2.77. The van der Waals surface area contributed by atoms with Gasteiger partial charge in [0.1, 0.15) is 0 Å². The van der Waals surface area contributed by atoms with Crippen LogP contribution in [0, 0.1) is 0 Å². The first-order valence-corrected chi connectivity index (χ1v) is 3.54. The third-order valence-electron chi connectivity index (χ3n) is 0.866. The molecule has 0 fully saturated rings. The average Bonchev–Trinajstić information content (AvgIpc) is 1.90. The number of nitrogens with one attached hydrogen (secondary N) is 1. The van der Waals surface area contributed by atoms with Gasteiger partial charge in [0.2, 0.25) is 0 Å². The third-order valence-corrected chi connectivity index (χ3v) is 1.44. The molecule has 0 radical (unpaired) electrons. The highest BCUT2D eigenvalue weighted by atomic mass is 79.9. The fourth-order valence-electron chi connectivity index (χ4n) is 0.444. The molecule has 3 nitrogen and oxygen atoms in total. The van der Waals surface area contributed by atoms with Crippen LogP contribution in [-0.4, -0.2) is 9.97 Å². The van der Waals surface area contributed by atoms with Crippen molar-refractivity contribution in [2.75, 3.05) is 0 Å². The molecule has 1 rings (SSSR count). The minimum atomic E-state index is -0.167. The van der Waals surface area contributed by atoms with E-state index in [9.17, 15) is 4.79 Å². The van der Waals surface area contributed by atoms with Gasteiger partial charge in [0.25, 0.3) is 5.56 Å². The lowest BCUT2D eigenvalue weighted by Crippen LogP contribution is -2.04. The standard InChI is InChI=1S/C5H5BrN2O/c6-1-4-2-8-5(9)3-7-4/h2-3H,1H2,(H,8,9). The Morgan fingerprint density at radius 3 is 3.00 bits per heavy atom. The molecule has 0 aromatic carbocycles. The Hall–Kier alpha value is -0.640. The van der Waals surface area contributed by atoms with Crippen LogP contribution in [0.2, 0.25) is 0 Å². The number of halogens is 1. The van der Waals surface area contributed by atoms with Crippen LogP contribution >= 0.6 is 15.9 Å². The zero-order valence-electron chi connectivity index (χ0n) is 4.60. The summed E-state index contributed by atoms with van der Waals surface area (Å²) in [6.07, 6.45) is 2.84. The van der Waals surface area contributed by atoms with Crippen molar-refractivity contribution in [1.82, 2.24) is 9.97 Å². The largest absolute Gasteiger partial charge is 0.326 e. The molecule has 0 spiro atoms. The molecule has 0 saturated heterocycles. The van der Waals surface area contributed by atoms with E-state index in [0.717, 1.165) is 5.69 Å². The summed E-state index contributed by atoms with van der Waals surface area (Å²) in [6, 6.07) is 0. The van der Waals surface area contributed by atoms with Gasteiger partial charge in [0.15, 0.2) is 0 Å². The average molecular weight is 189 g/mol. The quantitative estimate of drug-likeness (QED) is 0.659. The van der Waals surface area contributed by atoms with E-state index in [1.807, 2.05) is 0 Å². The summed E-state index contributed by atoms with van der Waals surface area (Å²) in [5.74, 6) is 0. The molecule has 0 aliphatic carbocycles. The van der Waals surface area contributed by atoms with E-state index >= 15 is 0 Å². The number of nitrogens with zero attached hydrogens (tertiary/aromatic N) is 1. The number of hydrogen-bond donors (Lipinski definition) is 1. The summed E-state index contributed by atoms with van der Waals surface area (Å²) >= 11 is 3.20. The Balaban J connectivity index is 3.02. The fraction of sp³-hybridized carbons (Fsp3) is 0.200. The first-order chi connectivity index (χ1) is 4.33. The number of alkyl halides is 1. The van der Waals surface area contributed by atoms with Gasteiger partial charge in [-0.3, -0.25) is 9.78 Å². The molecule has 0 aliphatic heterocycles. The highest BCUT2D eigenvalue weighted by Gasteiger charge is 1.87. The molecule has 1 aromatic rings. The topological polar surface area (TPSA) is 45.8 Å². The molecule has 1 N–H and O–H groups in total. The molecule has 0 unspecified atom stereocenters. The molecule has 9 heavy (non-hydrogen) atoms. The molecule has 0 bridgehead atoms. The highest BCUT2D eigenvalue weighted by Crippen LogP contribution is 1.94.